The van der Waals surface area contributed by atoms with Gasteiger partial charge in [0.15, 0.2) is 0 Å². The van der Waals surface area contributed by atoms with Gasteiger partial charge < -0.3 is 5.32 Å². The lowest BCUT2D eigenvalue weighted by molar-refractivity contribution is 0.545. The van der Waals surface area contributed by atoms with Crippen LogP contribution in [0.5, 0.6) is 0 Å². The van der Waals surface area contributed by atoms with Gasteiger partial charge in [-0.05, 0) is 57.5 Å². The maximum atomic E-state index is 4.56. The maximum Gasteiger partial charge on any atom is 0.0701 e. The van der Waals surface area contributed by atoms with E-state index < -0.39 is 0 Å². The number of thiophene rings is 1. The zero-order valence-corrected chi connectivity index (χ0v) is 13.7. The van der Waals surface area contributed by atoms with E-state index in [1.807, 2.05) is 6.20 Å². The van der Waals surface area contributed by atoms with Crippen molar-refractivity contribution in [3.05, 3.63) is 50.4 Å². The monoisotopic (exact) mass is 338 g/mol. The van der Waals surface area contributed by atoms with Crippen molar-refractivity contribution < 1.29 is 0 Å². The third kappa shape index (κ3) is 4.13. The molecule has 19 heavy (non-hydrogen) atoms. The van der Waals surface area contributed by atoms with Gasteiger partial charge in [-0.1, -0.05) is 19.9 Å². The van der Waals surface area contributed by atoms with Crippen molar-refractivity contribution in [3.8, 4) is 0 Å². The fourth-order valence-electron chi connectivity index (χ4n) is 2.05. The quantitative estimate of drug-likeness (QED) is 0.846. The number of nitrogens with one attached hydrogen (secondary N) is 1. The Bertz CT molecular complexity index is 507. The highest BCUT2D eigenvalue weighted by molar-refractivity contribution is 9.11. The molecule has 0 radical (unpaired) electrons. The van der Waals surface area contributed by atoms with Crippen LogP contribution in [-0.2, 0) is 12.8 Å². The summed E-state index contributed by atoms with van der Waals surface area (Å²) in [6.45, 7) is 5.26. The van der Waals surface area contributed by atoms with Crippen molar-refractivity contribution >= 4 is 27.3 Å². The fraction of sp³-hybridized carbons (Fsp3) is 0.400. The molecule has 0 bridgehead atoms. The maximum absolute atomic E-state index is 4.56. The molecule has 0 aliphatic carbocycles. The molecule has 0 aliphatic heterocycles. The van der Waals surface area contributed by atoms with Gasteiger partial charge in [0.1, 0.15) is 0 Å². The van der Waals surface area contributed by atoms with E-state index in [-0.39, 0.29) is 0 Å². The number of likely N-dealkylation sites (N-methyl/N-ethyl adjacent to an activating group) is 1. The Kier molecular flexibility index (Phi) is 5.55. The number of aryl methyl sites for hydroxylation is 1. The standard InChI is InChI=1S/C15H19BrN2S/c1-3-11-5-6-13(18-9-11)8-14(17-4-2)12-7-15(16)19-10-12/h5-7,9-10,14,17H,3-4,8H2,1-2H3. The van der Waals surface area contributed by atoms with Crippen LogP contribution in [-0.4, -0.2) is 11.5 Å². The van der Waals surface area contributed by atoms with Crippen LogP contribution in [0.1, 0.15) is 36.7 Å². The van der Waals surface area contributed by atoms with Gasteiger partial charge in [-0.2, -0.15) is 0 Å². The average molecular weight is 339 g/mol. The highest BCUT2D eigenvalue weighted by Gasteiger charge is 2.13. The van der Waals surface area contributed by atoms with E-state index in [1.54, 1.807) is 11.3 Å². The van der Waals surface area contributed by atoms with Crippen LogP contribution in [0.3, 0.4) is 0 Å². The summed E-state index contributed by atoms with van der Waals surface area (Å²) in [5, 5.41) is 5.74. The lowest BCUT2D eigenvalue weighted by atomic mass is 10.0. The summed E-state index contributed by atoms with van der Waals surface area (Å²) in [4.78, 5) is 4.56. The summed E-state index contributed by atoms with van der Waals surface area (Å²) in [7, 11) is 0. The Hall–Kier alpha value is -0.710. The van der Waals surface area contributed by atoms with Gasteiger partial charge in [0.25, 0.3) is 0 Å². The first-order valence-corrected chi connectivity index (χ1v) is 8.31. The van der Waals surface area contributed by atoms with E-state index >= 15 is 0 Å². The SMILES string of the molecule is CCNC(Cc1ccc(CC)cn1)c1csc(Br)c1. The van der Waals surface area contributed by atoms with Gasteiger partial charge in [0, 0.05) is 24.4 Å². The molecule has 0 amide bonds. The summed E-state index contributed by atoms with van der Waals surface area (Å²) in [6, 6.07) is 6.85. The molecule has 2 nitrogen and oxygen atoms in total. The largest absolute Gasteiger partial charge is 0.310 e. The number of aromatic nitrogens is 1. The van der Waals surface area contributed by atoms with Gasteiger partial charge in [0.2, 0.25) is 0 Å². The predicted molar refractivity (Wildman–Crippen MR) is 85.8 cm³/mol. The predicted octanol–water partition coefficient (Wildman–Crippen LogP) is 4.36. The molecule has 1 unspecified atom stereocenters. The van der Waals surface area contributed by atoms with Crippen LogP contribution >= 0.6 is 27.3 Å². The first-order valence-electron chi connectivity index (χ1n) is 6.64. The number of halogens is 1. The lowest BCUT2D eigenvalue weighted by Crippen LogP contribution is -2.22. The first-order chi connectivity index (χ1) is 9.22. The topological polar surface area (TPSA) is 24.9 Å². The summed E-state index contributed by atoms with van der Waals surface area (Å²) in [5.41, 5.74) is 3.77. The molecular weight excluding hydrogens is 320 g/mol. The molecule has 1 atom stereocenters. The van der Waals surface area contributed by atoms with Crippen molar-refractivity contribution in [3.63, 3.8) is 0 Å². The third-order valence-corrected chi connectivity index (χ3v) is 4.67. The molecule has 4 heteroatoms. The zero-order valence-electron chi connectivity index (χ0n) is 11.3. The van der Waals surface area contributed by atoms with Gasteiger partial charge >= 0.3 is 0 Å². The first kappa shape index (κ1) is 14.7. The minimum atomic E-state index is 0.340. The molecule has 0 aliphatic rings. The minimum absolute atomic E-state index is 0.340. The number of pyridine rings is 1. The van der Waals surface area contributed by atoms with E-state index in [4.69, 9.17) is 0 Å². The summed E-state index contributed by atoms with van der Waals surface area (Å²) < 4.78 is 1.18. The molecule has 2 aromatic heterocycles. The van der Waals surface area contributed by atoms with Gasteiger partial charge in [-0.3, -0.25) is 4.98 Å². The van der Waals surface area contributed by atoms with Crippen LogP contribution in [0.4, 0.5) is 0 Å². The summed E-state index contributed by atoms with van der Waals surface area (Å²) in [5.74, 6) is 0. The molecule has 102 valence electrons. The van der Waals surface area contributed by atoms with E-state index in [0.717, 1.165) is 25.1 Å². The van der Waals surface area contributed by atoms with E-state index in [1.165, 1.54) is 14.9 Å². The Balaban J connectivity index is 2.11. The van der Waals surface area contributed by atoms with Gasteiger partial charge in [0.05, 0.1) is 3.79 Å². The van der Waals surface area contributed by atoms with Gasteiger partial charge in [-0.15, -0.1) is 11.3 Å². The lowest BCUT2D eigenvalue weighted by Gasteiger charge is -2.16. The highest BCUT2D eigenvalue weighted by Crippen LogP contribution is 2.27. The molecule has 2 aromatic rings. The van der Waals surface area contributed by atoms with Crippen LogP contribution in [0, 0.1) is 0 Å². The second-order valence-corrected chi connectivity index (χ2v) is 6.80. The molecule has 2 rings (SSSR count). The average Bonchev–Trinajstić information content (AvgIpc) is 2.86. The molecule has 2 heterocycles. The Morgan fingerprint density at radius 1 is 1.37 bits per heavy atom. The molecule has 0 spiro atoms. The second-order valence-electron chi connectivity index (χ2n) is 4.51. The Morgan fingerprint density at radius 2 is 2.21 bits per heavy atom. The Labute approximate surface area is 127 Å². The van der Waals surface area contributed by atoms with Crippen molar-refractivity contribution in [2.45, 2.75) is 32.7 Å². The number of hydrogen-bond acceptors (Lipinski definition) is 3. The van der Waals surface area contributed by atoms with Crippen molar-refractivity contribution in [1.29, 1.82) is 0 Å². The summed E-state index contributed by atoms with van der Waals surface area (Å²) in [6.07, 6.45) is 3.96. The van der Waals surface area contributed by atoms with Crippen LogP contribution in [0.15, 0.2) is 33.6 Å². The number of hydrogen-bond donors (Lipinski definition) is 1. The Morgan fingerprint density at radius 3 is 2.74 bits per heavy atom. The van der Waals surface area contributed by atoms with E-state index in [9.17, 15) is 0 Å². The van der Waals surface area contributed by atoms with E-state index in [2.05, 4.69) is 63.7 Å². The molecule has 0 saturated heterocycles. The fourth-order valence-corrected chi connectivity index (χ4v) is 3.28. The van der Waals surface area contributed by atoms with E-state index in [0.29, 0.717) is 6.04 Å². The van der Waals surface area contributed by atoms with Crippen molar-refractivity contribution in [2.24, 2.45) is 0 Å². The number of rotatable bonds is 6. The van der Waals surface area contributed by atoms with Gasteiger partial charge in [-0.25, -0.2) is 0 Å². The van der Waals surface area contributed by atoms with Crippen LogP contribution in [0.25, 0.3) is 0 Å². The third-order valence-electron chi connectivity index (χ3n) is 3.15. The summed E-state index contributed by atoms with van der Waals surface area (Å²) >= 11 is 5.26. The highest BCUT2D eigenvalue weighted by atomic mass is 79.9. The minimum Gasteiger partial charge on any atom is -0.310 e. The second kappa shape index (κ2) is 7.17. The normalized spacial score (nSPS) is 12.6. The zero-order chi connectivity index (χ0) is 13.7. The molecule has 0 saturated carbocycles. The van der Waals surface area contributed by atoms with Crippen LogP contribution < -0.4 is 5.32 Å². The molecule has 0 fully saturated rings. The molecule has 1 N–H and O–H groups in total. The molecular formula is C15H19BrN2S. The van der Waals surface area contributed by atoms with Crippen LogP contribution in [0.2, 0.25) is 0 Å². The number of nitrogens with zero attached hydrogens (tertiary/aromatic N) is 1. The smallest absolute Gasteiger partial charge is 0.0701 e. The van der Waals surface area contributed by atoms with Crippen molar-refractivity contribution in [2.75, 3.05) is 6.54 Å². The molecule has 0 aromatic carbocycles. The van der Waals surface area contributed by atoms with Crippen molar-refractivity contribution in [1.82, 2.24) is 10.3 Å².